The van der Waals surface area contributed by atoms with Crippen LogP contribution in [0, 0.1) is 5.92 Å². The van der Waals surface area contributed by atoms with Crippen LogP contribution in [0.25, 0.3) is 0 Å². The predicted molar refractivity (Wildman–Crippen MR) is 135 cm³/mol. The molecule has 10 heteroatoms. The Labute approximate surface area is 212 Å². The molecule has 1 aromatic rings. The van der Waals surface area contributed by atoms with E-state index in [0.717, 1.165) is 24.9 Å². The summed E-state index contributed by atoms with van der Waals surface area (Å²) in [5.74, 6) is -1.18. The minimum atomic E-state index is -0.712. The Morgan fingerprint density at radius 3 is 2.39 bits per heavy atom. The number of benzene rings is 1. The second kappa shape index (κ2) is 12.7. The van der Waals surface area contributed by atoms with Gasteiger partial charge in [0, 0.05) is 20.0 Å². The maximum absolute atomic E-state index is 13.6. The monoisotopic (exact) mass is 501 g/mol. The molecule has 0 radical (unpaired) electrons. The highest BCUT2D eigenvalue weighted by Crippen LogP contribution is 2.43. The van der Waals surface area contributed by atoms with Gasteiger partial charge in [-0.3, -0.25) is 19.2 Å². The van der Waals surface area contributed by atoms with E-state index in [1.807, 2.05) is 14.1 Å². The van der Waals surface area contributed by atoms with E-state index in [2.05, 4.69) is 20.9 Å². The number of carbonyl (C=O) groups excluding carboxylic acids is 4. The van der Waals surface area contributed by atoms with Crippen LogP contribution >= 0.6 is 0 Å². The number of nitrogens with one attached hydrogen (secondary N) is 3. The molecular formula is C26H39N5O5. The van der Waals surface area contributed by atoms with Gasteiger partial charge in [0.2, 0.25) is 23.6 Å². The fourth-order valence-electron chi connectivity index (χ4n) is 5.05. The first-order valence-electron chi connectivity index (χ1n) is 12.8. The van der Waals surface area contributed by atoms with Gasteiger partial charge in [-0.05, 0) is 76.9 Å². The van der Waals surface area contributed by atoms with Crippen molar-refractivity contribution in [2.24, 2.45) is 5.92 Å². The van der Waals surface area contributed by atoms with Crippen LogP contribution < -0.4 is 16.0 Å². The third-order valence-corrected chi connectivity index (χ3v) is 6.86. The molecule has 0 aromatic heterocycles. The molecule has 198 valence electrons. The molecule has 2 heterocycles. The van der Waals surface area contributed by atoms with E-state index in [0.29, 0.717) is 32.4 Å². The summed E-state index contributed by atoms with van der Waals surface area (Å²) in [6, 6.07) is 4.52. The topological polar surface area (TPSA) is 131 Å². The third-order valence-electron chi connectivity index (χ3n) is 6.86. The molecular weight excluding hydrogens is 462 g/mol. The zero-order valence-electron chi connectivity index (χ0n) is 21.5. The number of rotatable bonds is 12. The van der Waals surface area contributed by atoms with E-state index in [1.54, 1.807) is 17.0 Å². The van der Waals surface area contributed by atoms with Crippen LogP contribution in [-0.2, 0) is 19.2 Å². The molecule has 10 nitrogen and oxygen atoms in total. The van der Waals surface area contributed by atoms with Gasteiger partial charge < -0.3 is 30.9 Å². The average molecular weight is 502 g/mol. The molecule has 2 aliphatic heterocycles. The fraction of sp³-hybridized carbons (Fsp3) is 0.615. The van der Waals surface area contributed by atoms with Crippen LogP contribution in [0.5, 0.6) is 5.75 Å². The van der Waals surface area contributed by atoms with E-state index < -0.39 is 24.0 Å². The summed E-state index contributed by atoms with van der Waals surface area (Å²) in [5, 5.41) is 18.4. The number of fused-ring (bicyclic) bond motifs is 1. The summed E-state index contributed by atoms with van der Waals surface area (Å²) < 4.78 is 0. The summed E-state index contributed by atoms with van der Waals surface area (Å²) in [6.07, 6.45) is 3.87. The van der Waals surface area contributed by atoms with Crippen LogP contribution in [0.3, 0.4) is 0 Å². The summed E-state index contributed by atoms with van der Waals surface area (Å²) in [4.78, 5) is 54.6. The predicted octanol–water partition coefficient (Wildman–Crippen LogP) is 0.913. The van der Waals surface area contributed by atoms with Gasteiger partial charge in [0.1, 0.15) is 17.8 Å². The van der Waals surface area contributed by atoms with Gasteiger partial charge in [-0.2, -0.15) is 0 Å². The minimum absolute atomic E-state index is 0.0925. The number of unbranched alkanes of at least 4 members (excludes halogenated alkanes) is 2. The first-order valence-corrected chi connectivity index (χ1v) is 12.8. The Hall–Kier alpha value is -3.14. The van der Waals surface area contributed by atoms with Crippen molar-refractivity contribution in [2.45, 2.75) is 63.6 Å². The zero-order valence-corrected chi connectivity index (χ0v) is 21.5. The van der Waals surface area contributed by atoms with Crippen molar-refractivity contribution in [1.82, 2.24) is 25.8 Å². The number of hydrogen-bond donors (Lipinski definition) is 4. The third kappa shape index (κ3) is 6.96. The van der Waals surface area contributed by atoms with Crippen LogP contribution in [0.15, 0.2) is 24.3 Å². The molecule has 1 aromatic carbocycles. The Morgan fingerprint density at radius 1 is 1.06 bits per heavy atom. The highest BCUT2D eigenvalue weighted by atomic mass is 16.3. The van der Waals surface area contributed by atoms with E-state index in [4.69, 9.17) is 0 Å². The quantitative estimate of drug-likeness (QED) is 0.315. The smallest absolute Gasteiger partial charge is 0.246 e. The molecule has 0 aliphatic carbocycles. The molecule has 2 fully saturated rings. The molecule has 3 rings (SSSR count). The Morgan fingerprint density at radius 2 is 1.72 bits per heavy atom. The SMILES string of the molecule is CC(=O)NCCCC[C@@H]1NC(=O)[C@@H]2C[C@H](C(=O)NCCCCN(C)C)[C@H](c3ccc(O)cc3)N2C1=O. The number of nitrogens with zero attached hydrogens (tertiary/aromatic N) is 2. The molecule has 36 heavy (non-hydrogen) atoms. The van der Waals surface area contributed by atoms with Crippen molar-refractivity contribution in [3.63, 3.8) is 0 Å². The van der Waals surface area contributed by atoms with Crippen molar-refractivity contribution < 1.29 is 24.3 Å². The number of aromatic hydroxyl groups is 1. The molecule has 2 saturated heterocycles. The molecule has 4 amide bonds. The van der Waals surface area contributed by atoms with Crippen LogP contribution in [0.1, 0.15) is 57.1 Å². The second-order valence-corrected chi connectivity index (χ2v) is 9.98. The summed E-state index contributed by atoms with van der Waals surface area (Å²) in [7, 11) is 4.02. The molecule has 0 bridgehead atoms. The van der Waals surface area contributed by atoms with Crippen molar-refractivity contribution >= 4 is 23.6 Å². The lowest BCUT2D eigenvalue weighted by atomic mass is 9.92. The van der Waals surface area contributed by atoms with Crippen molar-refractivity contribution in [3.05, 3.63) is 29.8 Å². The molecule has 4 atom stereocenters. The minimum Gasteiger partial charge on any atom is -0.508 e. The van der Waals surface area contributed by atoms with Crippen LogP contribution in [-0.4, -0.2) is 84.3 Å². The van der Waals surface area contributed by atoms with Crippen LogP contribution in [0.2, 0.25) is 0 Å². The average Bonchev–Trinajstić information content (AvgIpc) is 3.23. The lowest BCUT2D eigenvalue weighted by Crippen LogP contribution is -2.61. The maximum Gasteiger partial charge on any atom is 0.246 e. The van der Waals surface area contributed by atoms with Crippen molar-refractivity contribution in [3.8, 4) is 5.75 Å². The van der Waals surface area contributed by atoms with Gasteiger partial charge >= 0.3 is 0 Å². The van der Waals surface area contributed by atoms with Gasteiger partial charge in [-0.1, -0.05) is 12.1 Å². The normalized spacial score (nSPS) is 23.4. The Kier molecular flexibility index (Phi) is 9.69. The lowest BCUT2D eigenvalue weighted by molar-refractivity contribution is -0.149. The number of phenolic OH excluding ortho intramolecular Hbond substituents is 1. The Balaban J connectivity index is 1.73. The zero-order chi connectivity index (χ0) is 26.2. The number of amides is 4. The first-order chi connectivity index (χ1) is 17.2. The molecule has 0 saturated carbocycles. The van der Waals surface area contributed by atoms with E-state index in [9.17, 15) is 24.3 Å². The summed E-state index contributed by atoms with van der Waals surface area (Å²) in [5.41, 5.74) is 0.718. The van der Waals surface area contributed by atoms with Crippen molar-refractivity contribution in [1.29, 1.82) is 0 Å². The Bertz CT molecular complexity index is 935. The second-order valence-electron chi connectivity index (χ2n) is 9.98. The fourth-order valence-corrected chi connectivity index (χ4v) is 5.05. The molecule has 4 N–H and O–H groups in total. The van der Waals surface area contributed by atoms with Crippen molar-refractivity contribution in [2.75, 3.05) is 33.7 Å². The van der Waals surface area contributed by atoms with Gasteiger partial charge in [0.05, 0.1) is 12.0 Å². The highest BCUT2D eigenvalue weighted by molar-refractivity contribution is 5.99. The van der Waals surface area contributed by atoms with Gasteiger partial charge in [0.15, 0.2) is 0 Å². The summed E-state index contributed by atoms with van der Waals surface area (Å²) in [6.45, 7) is 3.45. The number of hydrogen-bond acceptors (Lipinski definition) is 6. The number of carbonyl (C=O) groups is 4. The summed E-state index contributed by atoms with van der Waals surface area (Å²) >= 11 is 0. The van der Waals surface area contributed by atoms with Gasteiger partial charge in [-0.15, -0.1) is 0 Å². The van der Waals surface area contributed by atoms with E-state index >= 15 is 0 Å². The maximum atomic E-state index is 13.6. The molecule has 2 aliphatic rings. The van der Waals surface area contributed by atoms with Crippen LogP contribution in [0.4, 0.5) is 0 Å². The first kappa shape index (κ1) is 27.4. The standard InChI is InChI=1S/C26H39N5O5/c1-17(32)27-13-5-4-8-21-26(36)31-22(25(35)29-21)16-20(23(31)18-9-11-19(33)12-10-18)24(34)28-14-6-7-15-30(2)3/h9-12,20-23,33H,4-8,13-16H2,1-3H3,(H,27,32)(H,28,34)(H,29,35)/t20-,21-,22-,23-/m0/s1. The van der Waals surface area contributed by atoms with Gasteiger partial charge in [0.25, 0.3) is 0 Å². The molecule has 0 spiro atoms. The number of phenols is 1. The lowest BCUT2D eigenvalue weighted by Gasteiger charge is -2.38. The highest BCUT2D eigenvalue weighted by Gasteiger charge is 2.54. The number of piperazine rings is 1. The van der Waals surface area contributed by atoms with E-state index in [1.165, 1.54) is 19.1 Å². The van der Waals surface area contributed by atoms with Gasteiger partial charge in [-0.25, -0.2) is 0 Å². The molecule has 0 unspecified atom stereocenters. The van der Waals surface area contributed by atoms with E-state index in [-0.39, 0.29) is 35.8 Å². The largest absolute Gasteiger partial charge is 0.508 e.